The number of hydrogen-bond donors (Lipinski definition) is 0. The standard InChI is InChI=1S/C15H23FO/c1-5-7-15(17-6-2)12(4)13-8-11(3)9-14(16)10-13/h8-10,12,15H,5-7H2,1-4H3. The van der Waals surface area contributed by atoms with Crippen LogP contribution < -0.4 is 0 Å². The van der Waals surface area contributed by atoms with Gasteiger partial charge in [0, 0.05) is 12.5 Å². The van der Waals surface area contributed by atoms with E-state index in [0.717, 1.165) is 24.0 Å². The minimum Gasteiger partial charge on any atom is -0.378 e. The van der Waals surface area contributed by atoms with Crippen LogP contribution in [0.4, 0.5) is 4.39 Å². The van der Waals surface area contributed by atoms with E-state index < -0.39 is 0 Å². The number of halogens is 1. The van der Waals surface area contributed by atoms with E-state index in [1.54, 1.807) is 12.1 Å². The van der Waals surface area contributed by atoms with Crippen LogP contribution >= 0.6 is 0 Å². The summed E-state index contributed by atoms with van der Waals surface area (Å²) in [5.41, 5.74) is 2.01. The van der Waals surface area contributed by atoms with Gasteiger partial charge >= 0.3 is 0 Å². The average molecular weight is 238 g/mol. The topological polar surface area (TPSA) is 9.23 Å². The van der Waals surface area contributed by atoms with Gasteiger partial charge in [0.1, 0.15) is 5.82 Å². The molecule has 0 N–H and O–H groups in total. The molecule has 0 aliphatic carbocycles. The Balaban J connectivity index is 2.87. The van der Waals surface area contributed by atoms with Crippen molar-refractivity contribution in [3.05, 3.63) is 35.1 Å². The molecule has 0 amide bonds. The summed E-state index contributed by atoms with van der Waals surface area (Å²) in [5, 5.41) is 0. The molecular weight excluding hydrogens is 215 g/mol. The molecule has 1 aromatic rings. The summed E-state index contributed by atoms with van der Waals surface area (Å²) in [5.74, 6) is 0.0860. The number of rotatable bonds is 6. The van der Waals surface area contributed by atoms with Crippen molar-refractivity contribution in [1.82, 2.24) is 0 Å². The highest BCUT2D eigenvalue weighted by molar-refractivity contribution is 5.27. The molecule has 0 aliphatic rings. The maximum Gasteiger partial charge on any atom is 0.123 e. The molecule has 0 saturated carbocycles. The molecule has 0 saturated heterocycles. The molecule has 0 bridgehead atoms. The molecule has 1 rings (SSSR count). The molecule has 0 aliphatic heterocycles. The lowest BCUT2D eigenvalue weighted by molar-refractivity contribution is 0.0401. The lowest BCUT2D eigenvalue weighted by atomic mass is 9.91. The molecule has 2 atom stereocenters. The van der Waals surface area contributed by atoms with Crippen LogP contribution in [0.2, 0.25) is 0 Å². The van der Waals surface area contributed by atoms with Crippen molar-refractivity contribution in [2.24, 2.45) is 0 Å². The molecule has 0 aromatic heterocycles. The molecule has 96 valence electrons. The summed E-state index contributed by atoms with van der Waals surface area (Å²) >= 11 is 0. The highest BCUT2D eigenvalue weighted by atomic mass is 19.1. The van der Waals surface area contributed by atoms with Gasteiger partial charge in [0.15, 0.2) is 0 Å². The van der Waals surface area contributed by atoms with Crippen molar-refractivity contribution in [1.29, 1.82) is 0 Å². The van der Waals surface area contributed by atoms with Gasteiger partial charge in [-0.3, -0.25) is 0 Å². The van der Waals surface area contributed by atoms with E-state index in [-0.39, 0.29) is 17.8 Å². The van der Waals surface area contributed by atoms with Crippen LogP contribution in [0.15, 0.2) is 18.2 Å². The van der Waals surface area contributed by atoms with E-state index in [0.29, 0.717) is 6.61 Å². The van der Waals surface area contributed by atoms with Gasteiger partial charge in [-0.2, -0.15) is 0 Å². The predicted molar refractivity (Wildman–Crippen MR) is 69.9 cm³/mol. The second-order valence-electron chi connectivity index (χ2n) is 4.63. The monoisotopic (exact) mass is 238 g/mol. The maximum absolute atomic E-state index is 13.4. The summed E-state index contributed by atoms with van der Waals surface area (Å²) in [6.45, 7) is 8.91. The van der Waals surface area contributed by atoms with Gasteiger partial charge in [-0.1, -0.05) is 26.3 Å². The van der Waals surface area contributed by atoms with Gasteiger partial charge in [0.25, 0.3) is 0 Å². The second-order valence-corrected chi connectivity index (χ2v) is 4.63. The zero-order valence-corrected chi connectivity index (χ0v) is 11.3. The Bertz CT molecular complexity index is 323. The number of benzene rings is 1. The van der Waals surface area contributed by atoms with Crippen LogP contribution in [0.5, 0.6) is 0 Å². The lowest BCUT2D eigenvalue weighted by Crippen LogP contribution is -2.20. The lowest BCUT2D eigenvalue weighted by Gasteiger charge is -2.24. The van der Waals surface area contributed by atoms with Crippen molar-refractivity contribution < 1.29 is 9.13 Å². The summed E-state index contributed by atoms with van der Waals surface area (Å²) in [6.07, 6.45) is 2.29. The molecule has 17 heavy (non-hydrogen) atoms. The Morgan fingerprint density at radius 2 is 1.94 bits per heavy atom. The van der Waals surface area contributed by atoms with Crippen LogP contribution in [-0.4, -0.2) is 12.7 Å². The maximum atomic E-state index is 13.4. The van der Waals surface area contributed by atoms with E-state index in [1.807, 2.05) is 13.8 Å². The van der Waals surface area contributed by atoms with Crippen LogP contribution in [0, 0.1) is 12.7 Å². The van der Waals surface area contributed by atoms with E-state index in [4.69, 9.17) is 4.74 Å². The summed E-state index contributed by atoms with van der Waals surface area (Å²) < 4.78 is 19.1. The third kappa shape index (κ3) is 4.12. The van der Waals surface area contributed by atoms with Crippen molar-refractivity contribution in [3.8, 4) is 0 Å². The molecule has 0 spiro atoms. The molecule has 1 aromatic carbocycles. The number of ether oxygens (including phenoxy) is 1. The summed E-state index contributed by atoms with van der Waals surface area (Å²) in [4.78, 5) is 0. The zero-order valence-electron chi connectivity index (χ0n) is 11.3. The van der Waals surface area contributed by atoms with Crippen molar-refractivity contribution in [2.75, 3.05) is 6.61 Å². The largest absolute Gasteiger partial charge is 0.378 e. The van der Waals surface area contributed by atoms with Gasteiger partial charge in [-0.25, -0.2) is 4.39 Å². The van der Waals surface area contributed by atoms with Crippen molar-refractivity contribution >= 4 is 0 Å². The fraction of sp³-hybridized carbons (Fsp3) is 0.600. The number of hydrogen-bond acceptors (Lipinski definition) is 1. The van der Waals surface area contributed by atoms with E-state index >= 15 is 0 Å². The normalized spacial score (nSPS) is 14.6. The van der Waals surface area contributed by atoms with E-state index in [9.17, 15) is 4.39 Å². The molecule has 2 heteroatoms. The zero-order chi connectivity index (χ0) is 12.8. The fourth-order valence-corrected chi connectivity index (χ4v) is 2.22. The van der Waals surface area contributed by atoms with E-state index in [1.165, 1.54) is 0 Å². The predicted octanol–water partition coefficient (Wildman–Crippen LogP) is 4.44. The van der Waals surface area contributed by atoms with Crippen LogP contribution in [0.3, 0.4) is 0 Å². The fourth-order valence-electron chi connectivity index (χ4n) is 2.22. The van der Waals surface area contributed by atoms with Crippen molar-refractivity contribution in [2.45, 2.75) is 52.6 Å². The summed E-state index contributed by atoms with van der Waals surface area (Å²) in [6, 6.07) is 5.24. The first-order chi connectivity index (χ1) is 8.08. The minimum absolute atomic E-state index is 0.154. The second kappa shape index (κ2) is 6.75. The van der Waals surface area contributed by atoms with Crippen LogP contribution in [-0.2, 0) is 4.74 Å². The first kappa shape index (κ1) is 14.2. The molecule has 0 fully saturated rings. The highest BCUT2D eigenvalue weighted by Crippen LogP contribution is 2.26. The van der Waals surface area contributed by atoms with Gasteiger partial charge in [-0.15, -0.1) is 0 Å². The average Bonchev–Trinajstić information content (AvgIpc) is 2.26. The first-order valence-corrected chi connectivity index (χ1v) is 6.47. The number of aryl methyl sites for hydroxylation is 1. The Hall–Kier alpha value is -0.890. The summed E-state index contributed by atoms with van der Waals surface area (Å²) in [7, 11) is 0. The molecule has 0 heterocycles. The first-order valence-electron chi connectivity index (χ1n) is 6.47. The van der Waals surface area contributed by atoms with Gasteiger partial charge in [0.05, 0.1) is 6.10 Å². The Kier molecular flexibility index (Phi) is 5.63. The third-order valence-electron chi connectivity index (χ3n) is 3.10. The minimum atomic E-state index is -0.154. The van der Waals surface area contributed by atoms with Crippen LogP contribution in [0.25, 0.3) is 0 Å². The van der Waals surface area contributed by atoms with E-state index in [2.05, 4.69) is 19.9 Å². The molecule has 1 nitrogen and oxygen atoms in total. The van der Waals surface area contributed by atoms with Crippen molar-refractivity contribution in [3.63, 3.8) is 0 Å². The smallest absolute Gasteiger partial charge is 0.123 e. The van der Waals surface area contributed by atoms with Gasteiger partial charge < -0.3 is 4.74 Å². The highest BCUT2D eigenvalue weighted by Gasteiger charge is 2.19. The van der Waals surface area contributed by atoms with Gasteiger partial charge in [-0.05, 0) is 43.5 Å². The third-order valence-corrected chi connectivity index (χ3v) is 3.10. The molecular formula is C15H23FO. The molecule has 2 unspecified atom stereocenters. The quantitative estimate of drug-likeness (QED) is 0.711. The SMILES string of the molecule is CCCC(OCC)C(C)c1cc(C)cc(F)c1. The Morgan fingerprint density at radius 3 is 2.47 bits per heavy atom. The molecule has 0 radical (unpaired) electrons. The van der Waals surface area contributed by atoms with Crippen LogP contribution in [0.1, 0.15) is 50.7 Å². The van der Waals surface area contributed by atoms with Gasteiger partial charge in [0.2, 0.25) is 0 Å². The Labute approximate surface area is 104 Å². The Morgan fingerprint density at radius 1 is 1.24 bits per heavy atom.